The van der Waals surface area contributed by atoms with Gasteiger partial charge < -0.3 is 0 Å². The molecular weight excluding hydrogens is 139 g/mol. The smallest absolute Gasteiger partial charge is 0.0993 e. The largest absolute Gasteiger partial charge is 0.212 e. The van der Waals surface area contributed by atoms with Crippen molar-refractivity contribution in [3.63, 3.8) is 0 Å². The van der Waals surface area contributed by atoms with Gasteiger partial charge in [-0.3, -0.25) is 0 Å². The molecule has 0 spiro atoms. The van der Waals surface area contributed by atoms with Crippen molar-refractivity contribution in [2.45, 2.75) is 27.7 Å². The van der Waals surface area contributed by atoms with Crippen molar-refractivity contribution in [1.82, 2.24) is 0 Å². The van der Waals surface area contributed by atoms with Crippen molar-refractivity contribution < 1.29 is 4.39 Å². The Morgan fingerprint density at radius 1 is 1.09 bits per heavy atom. The molecule has 0 aromatic heterocycles. The normalized spacial score (nSPS) is 45.4. The van der Waals surface area contributed by atoms with Crippen LogP contribution in [0.25, 0.3) is 0 Å². The van der Waals surface area contributed by atoms with Crippen molar-refractivity contribution in [3.8, 4) is 0 Å². The number of halogens is 1. The molecule has 1 aliphatic rings. The first-order chi connectivity index (χ1) is 5.04. The molecule has 0 nitrogen and oxygen atoms in total. The average molecular weight is 156 g/mol. The molecule has 1 heteroatoms. The highest BCUT2D eigenvalue weighted by atomic mass is 19.1. The van der Waals surface area contributed by atoms with Gasteiger partial charge in [0.1, 0.15) is 0 Å². The average Bonchev–Trinajstić information content (AvgIpc) is 1.97. The summed E-state index contributed by atoms with van der Waals surface area (Å²) in [5, 5.41) is 0. The van der Waals surface area contributed by atoms with E-state index >= 15 is 0 Å². The van der Waals surface area contributed by atoms with Crippen LogP contribution in [-0.4, -0.2) is 0 Å². The first kappa shape index (κ1) is 8.76. The minimum Gasteiger partial charge on any atom is -0.212 e. The van der Waals surface area contributed by atoms with Gasteiger partial charge >= 0.3 is 0 Å². The van der Waals surface area contributed by atoms with E-state index in [-0.39, 0.29) is 11.7 Å². The van der Waals surface area contributed by atoms with Gasteiger partial charge in [0.25, 0.3) is 0 Å². The Balaban J connectivity index is 2.83. The molecule has 64 valence electrons. The molecule has 0 amide bonds. The van der Waals surface area contributed by atoms with Gasteiger partial charge in [0.05, 0.1) is 5.83 Å². The standard InChI is InChI=1S/C10H17F/c1-6-5-10(11)9(4)8(3)7(6)2/h5-9H,1-4H3. The summed E-state index contributed by atoms with van der Waals surface area (Å²) in [5.41, 5.74) is 0. The Morgan fingerprint density at radius 3 is 2.18 bits per heavy atom. The fourth-order valence-electron chi connectivity index (χ4n) is 1.74. The molecule has 1 aliphatic carbocycles. The third-order valence-corrected chi connectivity index (χ3v) is 3.30. The summed E-state index contributed by atoms with van der Waals surface area (Å²) >= 11 is 0. The Hall–Kier alpha value is -0.330. The van der Waals surface area contributed by atoms with Gasteiger partial charge in [0.2, 0.25) is 0 Å². The third-order valence-electron chi connectivity index (χ3n) is 3.30. The van der Waals surface area contributed by atoms with Crippen molar-refractivity contribution >= 4 is 0 Å². The molecule has 0 saturated heterocycles. The second-order valence-corrected chi connectivity index (χ2v) is 3.92. The SMILES string of the molecule is CC1C=C(F)C(C)C(C)C1C. The maximum Gasteiger partial charge on any atom is 0.0993 e. The fraction of sp³-hybridized carbons (Fsp3) is 0.800. The number of rotatable bonds is 0. The zero-order chi connectivity index (χ0) is 8.59. The van der Waals surface area contributed by atoms with Crippen LogP contribution >= 0.6 is 0 Å². The summed E-state index contributed by atoms with van der Waals surface area (Å²) in [5.74, 6) is 1.71. The fourth-order valence-corrected chi connectivity index (χ4v) is 1.74. The Kier molecular flexibility index (Phi) is 2.36. The molecule has 11 heavy (non-hydrogen) atoms. The van der Waals surface area contributed by atoms with E-state index in [1.165, 1.54) is 0 Å². The van der Waals surface area contributed by atoms with Crippen LogP contribution in [0.1, 0.15) is 27.7 Å². The van der Waals surface area contributed by atoms with Gasteiger partial charge in [-0.15, -0.1) is 0 Å². The number of hydrogen-bond acceptors (Lipinski definition) is 0. The predicted molar refractivity (Wildman–Crippen MR) is 45.8 cm³/mol. The van der Waals surface area contributed by atoms with Crippen LogP contribution in [0.2, 0.25) is 0 Å². The first-order valence-electron chi connectivity index (χ1n) is 4.41. The molecule has 0 aromatic rings. The van der Waals surface area contributed by atoms with Crippen molar-refractivity contribution in [2.24, 2.45) is 23.7 Å². The third kappa shape index (κ3) is 1.47. The molecule has 0 N–H and O–H groups in total. The summed E-state index contributed by atoms with van der Waals surface area (Å²) < 4.78 is 13.1. The molecule has 0 heterocycles. The molecule has 0 fully saturated rings. The molecule has 4 unspecified atom stereocenters. The van der Waals surface area contributed by atoms with E-state index in [9.17, 15) is 4.39 Å². The highest BCUT2D eigenvalue weighted by molar-refractivity contribution is 5.06. The molecular formula is C10H17F. The molecule has 0 radical (unpaired) electrons. The van der Waals surface area contributed by atoms with Crippen molar-refractivity contribution in [3.05, 3.63) is 11.9 Å². The summed E-state index contributed by atoms with van der Waals surface area (Å²) in [7, 11) is 0. The topological polar surface area (TPSA) is 0 Å². The van der Waals surface area contributed by atoms with E-state index in [1.54, 1.807) is 6.08 Å². The monoisotopic (exact) mass is 156 g/mol. The Morgan fingerprint density at radius 2 is 1.64 bits per heavy atom. The van der Waals surface area contributed by atoms with Crippen LogP contribution in [-0.2, 0) is 0 Å². The zero-order valence-corrected chi connectivity index (χ0v) is 7.76. The van der Waals surface area contributed by atoms with Crippen LogP contribution in [0, 0.1) is 23.7 Å². The number of hydrogen-bond donors (Lipinski definition) is 0. The lowest BCUT2D eigenvalue weighted by atomic mass is 9.73. The maximum absolute atomic E-state index is 13.1. The lowest BCUT2D eigenvalue weighted by Crippen LogP contribution is -2.26. The van der Waals surface area contributed by atoms with E-state index in [0.29, 0.717) is 17.8 Å². The maximum atomic E-state index is 13.1. The van der Waals surface area contributed by atoms with Gasteiger partial charge in [-0.2, -0.15) is 0 Å². The molecule has 0 saturated carbocycles. The second-order valence-electron chi connectivity index (χ2n) is 3.92. The van der Waals surface area contributed by atoms with Gasteiger partial charge in [0.15, 0.2) is 0 Å². The van der Waals surface area contributed by atoms with E-state index in [2.05, 4.69) is 20.8 Å². The lowest BCUT2D eigenvalue weighted by molar-refractivity contribution is 0.210. The Labute approximate surface area is 68.5 Å². The van der Waals surface area contributed by atoms with Crippen LogP contribution in [0.3, 0.4) is 0 Å². The van der Waals surface area contributed by atoms with Gasteiger partial charge in [-0.05, 0) is 23.8 Å². The van der Waals surface area contributed by atoms with Crippen LogP contribution in [0.15, 0.2) is 11.9 Å². The molecule has 0 aliphatic heterocycles. The lowest BCUT2D eigenvalue weighted by Gasteiger charge is -2.33. The van der Waals surface area contributed by atoms with Crippen LogP contribution in [0.4, 0.5) is 4.39 Å². The quantitative estimate of drug-likeness (QED) is 0.504. The predicted octanol–water partition coefficient (Wildman–Crippen LogP) is 3.40. The minimum atomic E-state index is 0.0862. The van der Waals surface area contributed by atoms with Crippen LogP contribution in [0.5, 0.6) is 0 Å². The first-order valence-corrected chi connectivity index (χ1v) is 4.41. The van der Waals surface area contributed by atoms with Crippen molar-refractivity contribution in [2.75, 3.05) is 0 Å². The highest BCUT2D eigenvalue weighted by Crippen LogP contribution is 2.37. The number of allylic oxidation sites excluding steroid dienone is 2. The van der Waals surface area contributed by atoms with E-state index in [1.807, 2.05) is 6.92 Å². The van der Waals surface area contributed by atoms with Crippen molar-refractivity contribution in [1.29, 1.82) is 0 Å². The molecule has 4 atom stereocenters. The van der Waals surface area contributed by atoms with E-state index < -0.39 is 0 Å². The highest BCUT2D eigenvalue weighted by Gasteiger charge is 2.30. The molecule has 0 bridgehead atoms. The second kappa shape index (κ2) is 2.96. The van der Waals surface area contributed by atoms with Crippen LogP contribution < -0.4 is 0 Å². The Bertz CT molecular complexity index is 172. The van der Waals surface area contributed by atoms with E-state index in [0.717, 1.165) is 0 Å². The van der Waals surface area contributed by atoms with Gasteiger partial charge in [-0.25, -0.2) is 4.39 Å². The van der Waals surface area contributed by atoms with E-state index in [4.69, 9.17) is 0 Å². The summed E-state index contributed by atoms with van der Waals surface area (Å²) in [6.45, 7) is 8.40. The minimum absolute atomic E-state index is 0.0862. The van der Waals surface area contributed by atoms with Gasteiger partial charge in [-0.1, -0.05) is 27.7 Å². The summed E-state index contributed by atoms with van der Waals surface area (Å²) in [6.07, 6.45) is 1.77. The summed E-state index contributed by atoms with van der Waals surface area (Å²) in [6, 6.07) is 0. The zero-order valence-electron chi connectivity index (χ0n) is 7.76. The summed E-state index contributed by atoms with van der Waals surface area (Å²) in [4.78, 5) is 0. The van der Waals surface area contributed by atoms with Gasteiger partial charge in [0, 0.05) is 5.92 Å². The molecule has 0 aromatic carbocycles. The molecule has 1 rings (SSSR count).